The molecule has 0 bridgehead atoms. The molecule has 6 rings (SSSR count). The maximum Gasteiger partial charge on any atom is 0.350 e. The molecule has 290 valence electrons. The molecule has 0 radical (unpaired) electrons. The summed E-state index contributed by atoms with van der Waals surface area (Å²) >= 11 is 0. The summed E-state index contributed by atoms with van der Waals surface area (Å²) in [5, 5.41) is 18.8. The Bertz CT molecular complexity index is 1910. The fourth-order valence-electron chi connectivity index (χ4n) is 7.11. The lowest BCUT2D eigenvalue weighted by Gasteiger charge is -2.37. The van der Waals surface area contributed by atoms with Crippen LogP contribution >= 0.6 is 0 Å². The minimum Gasteiger partial charge on any atom is -0.493 e. The number of aliphatic hydroxyl groups excluding tert-OH is 1. The lowest BCUT2D eigenvalue weighted by molar-refractivity contribution is 0.147. The highest BCUT2D eigenvalue weighted by atomic mass is 19.1. The van der Waals surface area contributed by atoms with E-state index in [1.807, 2.05) is 50.2 Å². The minimum absolute atomic E-state index is 0.0835. The van der Waals surface area contributed by atoms with Crippen LogP contribution in [0, 0.1) is 23.5 Å². The molecule has 3 heterocycles. The fraction of sp³-hybridized carbons (Fsp3) is 0.463. The molecule has 54 heavy (non-hydrogen) atoms. The van der Waals surface area contributed by atoms with Gasteiger partial charge >= 0.3 is 5.69 Å². The molecule has 2 aromatic heterocycles. The Morgan fingerprint density at radius 2 is 1.46 bits per heavy atom. The van der Waals surface area contributed by atoms with E-state index in [0.717, 1.165) is 62.1 Å². The summed E-state index contributed by atoms with van der Waals surface area (Å²) in [6.07, 6.45) is 6.84. The first-order chi connectivity index (χ1) is 26.3. The van der Waals surface area contributed by atoms with Crippen LogP contribution in [-0.2, 0) is 6.54 Å². The van der Waals surface area contributed by atoms with Gasteiger partial charge in [0.25, 0.3) is 0 Å². The van der Waals surface area contributed by atoms with Gasteiger partial charge in [-0.1, -0.05) is 47.1 Å². The maximum atomic E-state index is 14.8. The molecule has 1 unspecified atom stereocenters. The van der Waals surface area contributed by atoms with E-state index in [4.69, 9.17) is 4.74 Å². The predicted molar refractivity (Wildman–Crippen MR) is 209 cm³/mol. The number of nitrogens with zero attached hydrogens (tertiary/aromatic N) is 8. The first-order valence-electron chi connectivity index (χ1n) is 19.1. The largest absolute Gasteiger partial charge is 0.493 e. The predicted octanol–water partition coefficient (Wildman–Crippen LogP) is 7.12. The summed E-state index contributed by atoms with van der Waals surface area (Å²) in [4.78, 5) is 21.9. The van der Waals surface area contributed by atoms with E-state index in [2.05, 4.69) is 57.9 Å². The summed E-state index contributed by atoms with van der Waals surface area (Å²) < 4.78 is 39.4. The van der Waals surface area contributed by atoms with Crippen LogP contribution in [0.1, 0.15) is 71.4 Å². The molecule has 5 aromatic rings. The molecule has 1 aliphatic heterocycles. The molecule has 0 aliphatic carbocycles. The van der Waals surface area contributed by atoms with Crippen molar-refractivity contribution in [3.63, 3.8) is 0 Å². The van der Waals surface area contributed by atoms with Crippen molar-refractivity contribution < 1.29 is 18.6 Å². The van der Waals surface area contributed by atoms with Crippen molar-refractivity contribution in [3.05, 3.63) is 113 Å². The zero-order chi connectivity index (χ0) is 38.6. The van der Waals surface area contributed by atoms with Crippen LogP contribution in [0.4, 0.5) is 20.2 Å². The second kappa shape index (κ2) is 19.3. The first kappa shape index (κ1) is 40.2. The molecule has 1 fully saturated rings. The standard InChI is InChI=1S/C39H48F2N8O3.C2H6/c1-4-28(3)38(5-2)49-39(51)48(27-44-49)34-9-7-32(8-10-34)45-16-18-46(19-17-45)33-11-13-35(14-12-33)52-24-29(23-50)20-30(22-47-26-42-25-43-47)36-15-6-31(40)21-37(36)41;1-2/h6-15,21,25-30,38,50H,4-5,16-20,22-24H2,1-3H3;1-2H3/t28-,29-,30?,38+;/m1./s1. The van der Waals surface area contributed by atoms with Gasteiger partial charge in [-0.15, -0.1) is 0 Å². The lowest BCUT2D eigenvalue weighted by atomic mass is 9.88. The molecule has 11 nitrogen and oxygen atoms in total. The lowest BCUT2D eigenvalue weighted by Crippen LogP contribution is -2.46. The quantitative estimate of drug-likeness (QED) is 0.114. The number of halogens is 2. The van der Waals surface area contributed by atoms with Crippen LogP contribution in [0.15, 0.2) is 90.5 Å². The molecular weight excluding hydrogens is 691 g/mol. The number of aliphatic hydroxyl groups is 1. The summed E-state index contributed by atoms with van der Waals surface area (Å²) in [5.41, 5.74) is 3.27. The van der Waals surface area contributed by atoms with Crippen LogP contribution in [0.2, 0.25) is 0 Å². The Morgan fingerprint density at radius 3 is 2.02 bits per heavy atom. The number of aromatic nitrogens is 6. The van der Waals surface area contributed by atoms with Gasteiger partial charge in [0, 0.05) is 68.6 Å². The molecular formula is C41H54F2N8O3. The Hall–Kier alpha value is -5.04. The zero-order valence-corrected chi connectivity index (χ0v) is 32.1. The molecule has 1 aliphatic rings. The van der Waals surface area contributed by atoms with Crippen molar-refractivity contribution in [3.8, 4) is 11.4 Å². The van der Waals surface area contributed by atoms with Gasteiger partial charge in [0.2, 0.25) is 0 Å². The third-order valence-corrected chi connectivity index (χ3v) is 10.3. The van der Waals surface area contributed by atoms with Gasteiger partial charge in [-0.2, -0.15) is 10.2 Å². The van der Waals surface area contributed by atoms with E-state index in [0.29, 0.717) is 30.2 Å². The number of rotatable bonds is 16. The van der Waals surface area contributed by atoms with Gasteiger partial charge in [0.15, 0.2) is 0 Å². The van der Waals surface area contributed by atoms with E-state index in [-0.39, 0.29) is 36.8 Å². The van der Waals surface area contributed by atoms with Crippen molar-refractivity contribution in [2.75, 3.05) is 49.2 Å². The van der Waals surface area contributed by atoms with E-state index >= 15 is 0 Å². The van der Waals surface area contributed by atoms with Gasteiger partial charge in [0.1, 0.15) is 36.4 Å². The number of hydrogen-bond donors (Lipinski definition) is 1. The van der Waals surface area contributed by atoms with E-state index in [1.54, 1.807) is 26.6 Å². The van der Waals surface area contributed by atoms with Crippen LogP contribution in [0.3, 0.4) is 0 Å². The van der Waals surface area contributed by atoms with Gasteiger partial charge in [0.05, 0.1) is 18.3 Å². The SMILES string of the molecule is CC.CC[C@@H](C)[C@H](CC)n1ncn(-c2ccc(N3CCN(c4ccc(OC[C@@H](CO)CC(Cn5cncn5)c5ccc(F)cc5F)cc4)CC3)cc2)c1=O. The van der Waals surface area contributed by atoms with Gasteiger partial charge in [-0.3, -0.25) is 4.68 Å². The zero-order valence-electron chi connectivity index (χ0n) is 32.1. The average Bonchev–Trinajstić information content (AvgIpc) is 3.87. The van der Waals surface area contributed by atoms with Crippen molar-refractivity contribution in [2.45, 2.75) is 72.4 Å². The van der Waals surface area contributed by atoms with Crippen LogP contribution < -0.4 is 20.2 Å². The average molecular weight is 745 g/mol. The van der Waals surface area contributed by atoms with E-state index in [9.17, 15) is 18.7 Å². The Kier molecular flexibility index (Phi) is 14.4. The third-order valence-electron chi connectivity index (χ3n) is 10.3. The minimum atomic E-state index is -0.638. The molecule has 4 atom stereocenters. The van der Waals surface area contributed by atoms with Crippen molar-refractivity contribution in [1.82, 2.24) is 29.1 Å². The normalized spacial score (nSPS) is 15.3. The van der Waals surface area contributed by atoms with Gasteiger partial charge < -0.3 is 19.6 Å². The number of ether oxygens (including phenoxy) is 1. The first-order valence-corrected chi connectivity index (χ1v) is 19.1. The molecule has 3 aromatic carbocycles. The van der Waals surface area contributed by atoms with Crippen molar-refractivity contribution in [1.29, 1.82) is 0 Å². The Labute approximate surface area is 316 Å². The highest BCUT2D eigenvalue weighted by Crippen LogP contribution is 2.30. The Balaban J connectivity index is 0.00000276. The highest BCUT2D eigenvalue weighted by Gasteiger charge is 2.24. The summed E-state index contributed by atoms with van der Waals surface area (Å²) in [5.74, 6) is -0.880. The highest BCUT2D eigenvalue weighted by molar-refractivity contribution is 5.54. The topological polar surface area (TPSA) is 106 Å². The summed E-state index contributed by atoms with van der Waals surface area (Å²) in [6, 6.07) is 19.7. The molecule has 0 amide bonds. The number of anilines is 2. The molecule has 1 saturated heterocycles. The maximum absolute atomic E-state index is 14.8. The fourth-order valence-corrected chi connectivity index (χ4v) is 7.11. The van der Waals surface area contributed by atoms with Crippen LogP contribution in [-0.4, -0.2) is 73.6 Å². The Morgan fingerprint density at radius 1 is 0.833 bits per heavy atom. The number of piperazine rings is 1. The smallest absolute Gasteiger partial charge is 0.350 e. The van der Waals surface area contributed by atoms with Crippen molar-refractivity contribution >= 4 is 11.4 Å². The third kappa shape index (κ3) is 9.73. The summed E-state index contributed by atoms with van der Waals surface area (Å²) in [6.45, 7) is 14.2. The number of hydrogen-bond acceptors (Lipinski definition) is 8. The van der Waals surface area contributed by atoms with Gasteiger partial charge in [-0.25, -0.2) is 27.8 Å². The summed E-state index contributed by atoms with van der Waals surface area (Å²) in [7, 11) is 0. The molecule has 13 heteroatoms. The second-order valence-corrected chi connectivity index (χ2v) is 13.6. The molecule has 1 N–H and O–H groups in total. The number of benzene rings is 3. The van der Waals surface area contributed by atoms with E-state index in [1.165, 1.54) is 18.5 Å². The monoisotopic (exact) mass is 744 g/mol. The van der Waals surface area contributed by atoms with Gasteiger partial charge in [-0.05, 0) is 78.9 Å². The van der Waals surface area contributed by atoms with E-state index < -0.39 is 11.6 Å². The van der Waals surface area contributed by atoms with Crippen molar-refractivity contribution in [2.24, 2.45) is 11.8 Å². The molecule has 0 spiro atoms. The molecule has 0 saturated carbocycles. The van der Waals surface area contributed by atoms with Crippen LogP contribution in [0.5, 0.6) is 5.75 Å². The van der Waals surface area contributed by atoms with Crippen LogP contribution in [0.25, 0.3) is 5.69 Å². The second-order valence-electron chi connectivity index (χ2n) is 13.6.